The largest absolute Gasteiger partial charge is 0.398 e. The molecule has 96 valence electrons. The molecule has 3 heteroatoms. The quantitative estimate of drug-likeness (QED) is 0.686. The molecule has 0 amide bonds. The highest BCUT2D eigenvalue weighted by Gasteiger charge is 2.09. The summed E-state index contributed by atoms with van der Waals surface area (Å²) in [6.45, 7) is 4.11. The molecular weight excluding hydrogens is 234 g/mol. The van der Waals surface area contributed by atoms with Gasteiger partial charge in [-0.3, -0.25) is 0 Å². The fourth-order valence-corrected chi connectivity index (χ4v) is 2.52. The van der Waals surface area contributed by atoms with E-state index in [-0.39, 0.29) is 0 Å². The number of anilines is 1. The summed E-state index contributed by atoms with van der Waals surface area (Å²) in [6, 6.07) is 10.5. The Balaban J connectivity index is 2.19. The lowest BCUT2D eigenvalue weighted by Gasteiger charge is -2.11. The van der Waals surface area contributed by atoms with Crippen molar-refractivity contribution in [2.45, 2.75) is 20.3 Å². The van der Waals surface area contributed by atoms with E-state index in [1.807, 2.05) is 6.07 Å². The monoisotopic (exact) mass is 251 g/mol. The average molecular weight is 251 g/mol. The molecule has 0 saturated carbocycles. The van der Waals surface area contributed by atoms with Crippen LogP contribution in [0.5, 0.6) is 0 Å². The van der Waals surface area contributed by atoms with E-state index in [0.29, 0.717) is 0 Å². The second-order valence-corrected chi connectivity index (χ2v) is 4.96. The van der Waals surface area contributed by atoms with Gasteiger partial charge in [0, 0.05) is 23.2 Å². The van der Waals surface area contributed by atoms with Crippen molar-refractivity contribution < 1.29 is 0 Å². The molecule has 0 unspecified atom stereocenters. The van der Waals surface area contributed by atoms with Crippen molar-refractivity contribution in [2.75, 3.05) is 5.73 Å². The van der Waals surface area contributed by atoms with Gasteiger partial charge in [-0.05, 0) is 30.4 Å². The van der Waals surface area contributed by atoms with Gasteiger partial charge in [-0.1, -0.05) is 30.3 Å². The number of hydrogen-bond donors (Lipinski definition) is 2. The van der Waals surface area contributed by atoms with Crippen molar-refractivity contribution in [1.29, 1.82) is 0 Å². The highest BCUT2D eigenvalue weighted by Crippen LogP contribution is 2.29. The number of H-pyrrole nitrogens is 1. The molecule has 19 heavy (non-hydrogen) atoms. The van der Waals surface area contributed by atoms with E-state index < -0.39 is 0 Å². The number of nitrogens with one attached hydrogen (secondary N) is 1. The SMILES string of the molecule is Cc1cc(Cc2nc[nH]c2C)c2ccccc2c1N. The maximum absolute atomic E-state index is 6.17. The lowest BCUT2D eigenvalue weighted by atomic mass is 9.96. The van der Waals surface area contributed by atoms with Crippen LogP contribution in [-0.2, 0) is 6.42 Å². The highest BCUT2D eigenvalue weighted by molar-refractivity contribution is 5.96. The van der Waals surface area contributed by atoms with Crippen molar-refractivity contribution in [3.05, 3.63) is 59.2 Å². The summed E-state index contributed by atoms with van der Waals surface area (Å²) in [4.78, 5) is 7.51. The summed E-state index contributed by atoms with van der Waals surface area (Å²) >= 11 is 0. The second kappa shape index (κ2) is 4.43. The zero-order valence-corrected chi connectivity index (χ0v) is 11.2. The highest BCUT2D eigenvalue weighted by atomic mass is 14.9. The van der Waals surface area contributed by atoms with E-state index in [1.165, 1.54) is 10.9 Å². The summed E-state index contributed by atoms with van der Waals surface area (Å²) in [5.74, 6) is 0. The van der Waals surface area contributed by atoms with Crippen molar-refractivity contribution >= 4 is 16.5 Å². The first-order chi connectivity index (χ1) is 9.16. The fraction of sp³-hybridized carbons (Fsp3) is 0.188. The molecule has 0 fully saturated rings. The van der Waals surface area contributed by atoms with Gasteiger partial charge in [0.15, 0.2) is 0 Å². The van der Waals surface area contributed by atoms with Crippen LogP contribution in [-0.4, -0.2) is 9.97 Å². The van der Waals surface area contributed by atoms with Gasteiger partial charge >= 0.3 is 0 Å². The Morgan fingerprint density at radius 1 is 1.16 bits per heavy atom. The lowest BCUT2D eigenvalue weighted by molar-refractivity contribution is 1.09. The molecule has 3 N–H and O–H groups in total. The first-order valence-electron chi connectivity index (χ1n) is 6.42. The third kappa shape index (κ3) is 1.97. The minimum Gasteiger partial charge on any atom is -0.398 e. The topological polar surface area (TPSA) is 54.7 Å². The van der Waals surface area contributed by atoms with E-state index in [9.17, 15) is 0 Å². The Morgan fingerprint density at radius 2 is 1.89 bits per heavy atom. The molecule has 0 spiro atoms. The van der Waals surface area contributed by atoms with Crippen molar-refractivity contribution in [3.63, 3.8) is 0 Å². The fourth-order valence-electron chi connectivity index (χ4n) is 2.52. The Labute approximate surface area is 112 Å². The molecule has 0 radical (unpaired) electrons. The summed E-state index contributed by atoms with van der Waals surface area (Å²) in [7, 11) is 0. The van der Waals surface area contributed by atoms with Crippen LogP contribution < -0.4 is 5.73 Å². The van der Waals surface area contributed by atoms with Crippen LogP contribution >= 0.6 is 0 Å². The zero-order chi connectivity index (χ0) is 13.4. The Hall–Kier alpha value is -2.29. The van der Waals surface area contributed by atoms with Crippen LogP contribution in [0.4, 0.5) is 5.69 Å². The van der Waals surface area contributed by atoms with Crippen LogP contribution in [0.3, 0.4) is 0 Å². The van der Waals surface area contributed by atoms with E-state index in [1.54, 1.807) is 6.33 Å². The molecule has 2 aromatic carbocycles. The van der Waals surface area contributed by atoms with Gasteiger partial charge in [0.05, 0.1) is 12.0 Å². The molecule has 1 heterocycles. The number of nitrogens with zero attached hydrogens (tertiary/aromatic N) is 1. The number of aromatic amines is 1. The predicted molar refractivity (Wildman–Crippen MR) is 79.2 cm³/mol. The smallest absolute Gasteiger partial charge is 0.0925 e. The number of hydrogen-bond acceptors (Lipinski definition) is 2. The van der Waals surface area contributed by atoms with Crippen molar-refractivity contribution in [1.82, 2.24) is 9.97 Å². The molecule has 3 rings (SSSR count). The first-order valence-corrected chi connectivity index (χ1v) is 6.42. The standard InChI is InChI=1S/C16H17N3/c1-10-7-12(8-15-11(2)18-9-19-15)13-5-3-4-6-14(13)16(10)17/h3-7,9H,8,17H2,1-2H3,(H,18,19). The molecular formula is C16H17N3. The molecule has 3 aromatic rings. The molecule has 0 aliphatic rings. The average Bonchev–Trinajstić information content (AvgIpc) is 2.81. The van der Waals surface area contributed by atoms with Gasteiger partial charge in [-0.2, -0.15) is 0 Å². The number of imidazole rings is 1. The Kier molecular flexibility index (Phi) is 2.75. The molecule has 0 saturated heterocycles. The van der Waals surface area contributed by atoms with E-state index in [2.05, 4.69) is 48.1 Å². The summed E-state index contributed by atoms with van der Waals surface area (Å²) in [5.41, 5.74) is 11.7. The Morgan fingerprint density at radius 3 is 2.58 bits per heavy atom. The summed E-state index contributed by atoms with van der Waals surface area (Å²) < 4.78 is 0. The molecule has 0 aliphatic carbocycles. The molecule has 0 atom stereocenters. The summed E-state index contributed by atoms with van der Waals surface area (Å²) in [5, 5.41) is 2.35. The number of fused-ring (bicyclic) bond motifs is 1. The zero-order valence-electron chi connectivity index (χ0n) is 11.2. The minimum absolute atomic E-state index is 0.830. The van der Waals surface area contributed by atoms with Gasteiger partial charge in [-0.25, -0.2) is 4.98 Å². The van der Waals surface area contributed by atoms with Crippen LogP contribution in [0.25, 0.3) is 10.8 Å². The van der Waals surface area contributed by atoms with Gasteiger partial charge in [0.2, 0.25) is 0 Å². The number of nitrogens with two attached hydrogens (primary N) is 1. The molecule has 1 aromatic heterocycles. The number of nitrogen functional groups attached to an aromatic ring is 1. The third-order valence-corrected chi connectivity index (χ3v) is 3.67. The predicted octanol–water partition coefficient (Wildman–Crippen LogP) is 3.35. The van der Waals surface area contributed by atoms with E-state index in [4.69, 9.17) is 5.73 Å². The van der Waals surface area contributed by atoms with Crippen LogP contribution in [0.15, 0.2) is 36.7 Å². The lowest BCUT2D eigenvalue weighted by Crippen LogP contribution is -1.98. The van der Waals surface area contributed by atoms with Crippen molar-refractivity contribution in [3.8, 4) is 0 Å². The van der Waals surface area contributed by atoms with E-state index in [0.717, 1.165) is 34.4 Å². The number of aromatic nitrogens is 2. The molecule has 0 aliphatic heterocycles. The number of rotatable bonds is 2. The second-order valence-electron chi connectivity index (χ2n) is 4.96. The normalized spacial score (nSPS) is 11.1. The van der Waals surface area contributed by atoms with Crippen molar-refractivity contribution in [2.24, 2.45) is 0 Å². The number of benzene rings is 2. The number of aryl methyl sites for hydroxylation is 2. The van der Waals surface area contributed by atoms with Gasteiger partial charge in [0.25, 0.3) is 0 Å². The Bertz CT molecular complexity index is 741. The maximum Gasteiger partial charge on any atom is 0.0925 e. The van der Waals surface area contributed by atoms with E-state index >= 15 is 0 Å². The van der Waals surface area contributed by atoms with Crippen LogP contribution in [0.2, 0.25) is 0 Å². The van der Waals surface area contributed by atoms with Crippen LogP contribution in [0.1, 0.15) is 22.5 Å². The first kappa shape index (κ1) is 11.8. The maximum atomic E-state index is 6.17. The molecule has 3 nitrogen and oxygen atoms in total. The molecule has 0 bridgehead atoms. The van der Waals surface area contributed by atoms with Gasteiger partial charge in [-0.15, -0.1) is 0 Å². The van der Waals surface area contributed by atoms with Crippen LogP contribution in [0, 0.1) is 13.8 Å². The minimum atomic E-state index is 0.830. The van der Waals surface area contributed by atoms with Gasteiger partial charge < -0.3 is 10.7 Å². The third-order valence-electron chi connectivity index (χ3n) is 3.67. The summed E-state index contributed by atoms with van der Waals surface area (Å²) in [6.07, 6.45) is 2.58. The van der Waals surface area contributed by atoms with Gasteiger partial charge in [0.1, 0.15) is 0 Å².